The van der Waals surface area contributed by atoms with Crippen LogP contribution in [0.2, 0.25) is 0 Å². The predicted molar refractivity (Wildman–Crippen MR) is 66.8 cm³/mol. The van der Waals surface area contributed by atoms with Gasteiger partial charge in [-0.3, -0.25) is 9.69 Å². The van der Waals surface area contributed by atoms with E-state index in [1.165, 1.54) is 0 Å². The van der Waals surface area contributed by atoms with Crippen LogP contribution in [0.5, 0.6) is 0 Å². The van der Waals surface area contributed by atoms with Crippen LogP contribution >= 0.6 is 22.9 Å². The number of carbonyl (C=O) groups excluding carboxylic acids is 1. The number of thiazole rings is 1. The average Bonchev–Trinajstić information content (AvgIpc) is 2.76. The summed E-state index contributed by atoms with van der Waals surface area (Å²) in [5, 5.41) is 5.54. The summed E-state index contributed by atoms with van der Waals surface area (Å²) in [6.45, 7) is 2.40. The molecule has 1 atom stereocenters. The molecule has 0 aromatic carbocycles. The maximum absolute atomic E-state index is 11.2. The molecule has 0 spiro atoms. The van der Waals surface area contributed by atoms with E-state index in [-0.39, 0.29) is 11.9 Å². The summed E-state index contributed by atoms with van der Waals surface area (Å²) in [4.78, 5) is 17.6. The van der Waals surface area contributed by atoms with Crippen molar-refractivity contribution >= 4 is 28.8 Å². The molecule has 1 aromatic heterocycles. The van der Waals surface area contributed by atoms with Crippen LogP contribution in [-0.4, -0.2) is 36.4 Å². The number of hydrogen-bond acceptors (Lipinski definition) is 4. The van der Waals surface area contributed by atoms with Crippen LogP contribution in [0.1, 0.15) is 23.7 Å². The Morgan fingerprint density at radius 1 is 1.75 bits per heavy atom. The second-order valence-electron chi connectivity index (χ2n) is 3.57. The van der Waals surface area contributed by atoms with Crippen LogP contribution in [-0.2, 0) is 10.7 Å². The molecule has 1 N–H and O–H groups in total. The number of rotatable bonds is 5. The standard InChI is InChI=1S/C10H16ClN3OS/c1-7(14(3)5-9(15)12-2)10-13-8(4-11)6-16-10/h6-7H,4-5H2,1-3H3,(H,12,15). The summed E-state index contributed by atoms with van der Waals surface area (Å²) in [6.07, 6.45) is 0. The first-order valence-electron chi connectivity index (χ1n) is 4.99. The summed E-state index contributed by atoms with van der Waals surface area (Å²) in [7, 11) is 3.54. The van der Waals surface area contributed by atoms with Crippen molar-refractivity contribution in [2.24, 2.45) is 0 Å². The lowest BCUT2D eigenvalue weighted by atomic mass is 10.3. The zero-order valence-electron chi connectivity index (χ0n) is 9.66. The Balaban J connectivity index is 2.62. The molecule has 1 unspecified atom stereocenters. The van der Waals surface area contributed by atoms with E-state index in [1.54, 1.807) is 18.4 Å². The first-order chi connectivity index (χ1) is 7.58. The third-order valence-corrected chi connectivity index (χ3v) is 3.73. The fraction of sp³-hybridized carbons (Fsp3) is 0.600. The summed E-state index contributed by atoms with van der Waals surface area (Å²) in [6, 6.07) is 0.124. The third-order valence-electron chi connectivity index (χ3n) is 2.40. The van der Waals surface area contributed by atoms with Crippen LogP contribution in [0, 0.1) is 0 Å². The fourth-order valence-corrected chi connectivity index (χ4v) is 2.38. The highest BCUT2D eigenvalue weighted by molar-refractivity contribution is 7.09. The van der Waals surface area contributed by atoms with E-state index >= 15 is 0 Å². The van der Waals surface area contributed by atoms with Gasteiger partial charge in [-0.2, -0.15) is 0 Å². The quantitative estimate of drug-likeness (QED) is 0.820. The Kier molecular flexibility index (Phi) is 5.18. The van der Waals surface area contributed by atoms with Gasteiger partial charge in [0.05, 0.1) is 24.2 Å². The molecule has 0 fully saturated rings. The highest BCUT2D eigenvalue weighted by Crippen LogP contribution is 2.22. The van der Waals surface area contributed by atoms with Crippen LogP contribution in [0.15, 0.2) is 5.38 Å². The van der Waals surface area contributed by atoms with Crippen molar-refractivity contribution in [2.75, 3.05) is 20.6 Å². The fourth-order valence-electron chi connectivity index (χ4n) is 1.21. The van der Waals surface area contributed by atoms with Crippen LogP contribution < -0.4 is 5.32 Å². The topological polar surface area (TPSA) is 45.2 Å². The van der Waals surface area contributed by atoms with Gasteiger partial charge < -0.3 is 5.32 Å². The lowest BCUT2D eigenvalue weighted by Crippen LogP contribution is -2.34. The van der Waals surface area contributed by atoms with E-state index in [2.05, 4.69) is 10.3 Å². The molecule has 1 heterocycles. The van der Waals surface area contributed by atoms with Crippen molar-refractivity contribution in [3.63, 3.8) is 0 Å². The van der Waals surface area contributed by atoms with Gasteiger partial charge in [-0.15, -0.1) is 22.9 Å². The Bertz CT molecular complexity index is 356. The molecular formula is C10H16ClN3OS. The molecule has 0 bridgehead atoms. The van der Waals surface area contributed by atoms with E-state index in [1.807, 2.05) is 24.3 Å². The number of nitrogens with zero attached hydrogens (tertiary/aromatic N) is 2. The molecule has 0 saturated heterocycles. The Hall–Kier alpha value is -0.650. The van der Waals surface area contributed by atoms with Crippen LogP contribution in [0.3, 0.4) is 0 Å². The van der Waals surface area contributed by atoms with Crippen molar-refractivity contribution in [3.05, 3.63) is 16.1 Å². The molecule has 0 aliphatic rings. The Labute approximate surface area is 105 Å². The SMILES string of the molecule is CNC(=O)CN(C)C(C)c1nc(CCl)cs1. The minimum atomic E-state index is 0.00322. The van der Waals surface area contributed by atoms with Crippen molar-refractivity contribution in [2.45, 2.75) is 18.8 Å². The van der Waals surface area contributed by atoms with Crippen LogP contribution in [0.4, 0.5) is 0 Å². The van der Waals surface area contributed by atoms with Crippen molar-refractivity contribution in [1.29, 1.82) is 0 Å². The highest BCUT2D eigenvalue weighted by Gasteiger charge is 2.17. The molecule has 4 nitrogen and oxygen atoms in total. The lowest BCUT2D eigenvalue weighted by molar-refractivity contribution is -0.121. The summed E-state index contributed by atoms with van der Waals surface area (Å²) in [5.41, 5.74) is 0.891. The molecule has 1 amide bonds. The van der Waals surface area contributed by atoms with E-state index < -0.39 is 0 Å². The second kappa shape index (κ2) is 6.18. The Morgan fingerprint density at radius 2 is 2.44 bits per heavy atom. The smallest absolute Gasteiger partial charge is 0.233 e. The summed E-state index contributed by atoms with van der Waals surface area (Å²) >= 11 is 7.27. The number of aromatic nitrogens is 1. The van der Waals surface area contributed by atoms with Gasteiger partial charge in [0.2, 0.25) is 5.91 Å². The molecule has 16 heavy (non-hydrogen) atoms. The minimum Gasteiger partial charge on any atom is -0.358 e. The highest BCUT2D eigenvalue weighted by atomic mass is 35.5. The Morgan fingerprint density at radius 3 is 2.94 bits per heavy atom. The minimum absolute atomic E-state index is 0.00322. The number of alkyl halides is 1. The van der Waals surface area contributed by atoms with Gasteiger partial charge in [-0.05, 0) is 14.0 Å². The normalized spacial score (nSPS) is 12.8. The number of amides is 1. The molecule has 0 aliphatic carbocycles. The number of likely N-dealkylation sites (N-methyl/N-ethyl adjacent to an activating group) is 2. The average molecular weight is 262 g/mol. The van der Waals surface area contributed by atoms with Crippen LogP contribution in [0.25, 0.3) is 0 Å². The summed E-state index contributed by atoms with van der Waals surface area (Å²) in [5.74, 6) is 0.436. The maximum atomic E-state index is 11.2. The second-order valence-corrected chi connectivity index (χ2v) is 4.73. The van der Waals surface area contributed by atoms with Crippen molar-refractivity contribution in [3.8, 4) is 0 Å². The van der Waals surface area contributed by atoms with Gasteiger partial charge in [0.15, 0.2) is 0 Å². The lowest BCUT2D eigenvalue weighted by Gasteiger charge is -2.21. The number of carbonyl (C=O) groups is 1. The monoisotopic (exact) mass is 261 g/mol. The van der Waals surface area contributed by atoms with E-state index in [9.17, 15) is 4.79 Å². The number of halogens is 1. The van der Waals surface area contributed by atoms with E-state index in [0.717, 1.165) is 10.7 Å². The largest absolute Gasteiger partial charge is 0.358 e. The first-order valence-corrected chi connectivity index (χ1v) is 6.41. The van der Waals surface area contributed by atoms with Crippen molar-refractivity contribution < 1.29 is 4.79 Å². The van der Waals surface area contributed by atoms with E-state index in [4.69, 9.17) is 11.6 Å². The number of hydrogen-bond donors (Lipinski definition) is 1. The number of nitrogens with one attached hydrogen (secondary N) is 1. The molecule has 0 aliphatic heterocycles. The third kappa shape index (κ3) is 3.43. The molecule has 6 heteroatoms. The predicted octanol–water partition coefficient (Wildman–Crippen LogP) is 1.62. The zero-order valence-corrected chi connectivity index (χ0v) is 11.2. The van der Waals surface area contributed by atoms with E-state index in [0.29, 0.717) is 12.4 Å². The van der Waals surface area contributed by atoms with Gasteiger partial charge in [0, 0.05) is 12.4 Å². The zero-order chi connectivity index (χ0) is 12.1. The molecule has 1 rings (SSSR count). The molecule has 90 valence electrons. The first kappa shape index (κ1) is 13.4. The summed E-state index contributed by atoms with van der Waals surface area (Å²) < 4.78 is 0. The molecular weight excluding hydrogens is 246 g/mol. The maximum Gasteiger partial charge on any atom is 0.233 e. The van der Waals surface area contributed by atoms with Crippen molar-refractivity contribution in [1.82, 2.24) is 15.2 Å². The van der Waals surface area contributed by atoms with Gasteiger partial charge in [-0.25, -0.2) is 4.98 Å². The van der Waals surface area contributed by atoms with Gasteiger partial charge in [0.1, 0.15) is 5.01 Å². The molecule has 0 saturated carbocycles. The molecule has 1 aromatic rings. The van der Waals surface area contributed by atoms with Gasteiger partial charge >= 0.3 is 0 Å². The molecule has 0 radical (unpaired) electrons. The van der Waals surface area contributed by atoms with Gasteiger partial charge in [0.25, 0.3) is 0 Å². The van der Waals surface area contributed by atoms with Gasteiger partial charge in [-0.1, -0.05) is 0 Å².